The Hall–Kier alpha value is -0.530. The molecule has 3 heteroatoms. The molecule has 0 heterocycles. The molecule has 0 saturated carbocycles. The summed E-state index contributed by atoms with van der Waals surface area (Å²) in [5.41, 5.74) is 0.510. The van der Waals surface area contributed by atoms with Gasteiger partial charge in [0.15, 0.2) is 5.78 Å². The number of halogens is 2. The highest BCUT2D eigenvalue weighted by molar-refractivity contribution is 6.36. The van der Waals surface area contributed by atoms with Crippen LogP contribution in [0.2, 0.25) is 10.0 Å². The largest absolute Gasteiger partial charge is 0.294 e. The molecule has 0 aliphatic carbocycles. The lowest BCUT2D eigenvalue weighted by molar-refractivity contribution is 0.101. The fourth-order valence-electron chi connectivity index (χ4n) is 0.775. The molecule has 0 bridgehead atoms. The third-order valence-electron chi connectivity index (χ3n) is 1.31. The van der Waals surface area contributed by atoms with Crippen LogP contribution in [0.3, 0.4) is 0 Å². The molecule has 0 N–H and O–H groups in total. The number of hydrogen-bond donors (Lipinski definition) is 0. The predicted molar refractivity (Wildman–Crippen MR) is 57.8 cm³/mol. The van der Waals surface area contributed by atoms with E-state index in [2.05, 4.69) is 0 Å². The van der Waals surface area contributed by atoms with Crippen molar-refractivity contribution in [2.24, 2.45) is 0 Å². The van der Waals surface area contributed by atoms with Gasteiger partial charge in [0.25, 0.3) is 0 Å². The SMILES string of the molecule is CC.CC(=O)c1ccc(Cl)cc1Cl. The van der Waals surface area contributed by atoms with Gasteiger partial charge in [-0.1, -0.05) is 37.0 Å². The molecule has 0 aliphatic heterocycles. The van der Waals surface area contributed by atoms with Gasteiger partial charge in [-0.2, -0.15) is 0 Å². The van der Waals surface area contributed by atoms with Crippen molar-refractivity contribution in [1.29, 1.82) is 0 Å². The molecular formula is C10H12Cl2O. The average Bonchev–Trinajstić information content (AvgIpc) is 2.07. The molecule has 0 radical (unpaired) electrons. The molecule has 1 aromatic carbocycles. The van der Waals surface area contributed by atoms with Crippen molar-refractivity contribution in [2.75, 3.05) is 0 Å². The Morgan fingerprint density at radius 2 is 1.77 bits per heavy atom. The highest BCUT2D eigenvalue weighted by Gasteiger charge is 2.04. The van der Waals surface area contributed by atoms with E-state index in [0.29, 0.717) is 15.6 Å². The predicted octanol–water partition coefficient (Wildman–Crippen LogP) is 4.22. The number of hydrogen-bond acceptors (Lipinski definition) is 1. The molecule has 0 atom stereocenters. The first kappa shape index (κ1) is 12.5. The zero-order valence-corrected chi connectivity index (χ0v) is 9.41. The van der Waals surface area contributed by atoms with Crippen LogP contribution in [-0.4, -0.2) is 5.78 Å². The Labute approximate surface area is 88.7 Å². The van der Waals surface area contributed by atoms with Crippen LogP contribution in [0.4, 0.5) is 0 Å². The van der Waals surface area contributed by atoms with E-state index in [1.54, 1.807) is 18.2 Å². The maximum atomic E-state index is 10.8. The lowest BCUT2D eigenvalue weighted by Crippen LogP contribution is -1.91. The first-order chi connectivity index (χ1) is 6.11. The van der Waals surface area contributed by atoms with Crippen molar-refractivity contribution in [2.45, 2.75) is 20.8 Å². The van der Waals surface area contributed by atoms with E-state index in [9.17, 15) is 4.79 Å². The minimum Gasteiger partial charge on any atom is -0.294 e. The molecule has 0 unspecified atom stereocenters. The smallest absolute Gasteiger partial charge is 0.161 e. The molecule has 0 fully saturated rings. The minimum atomic E-state index is -0.0494. The average molecular weight is 219 g/mol. The molecule has 0 aromatic heterocycles. The Morgan fingerprint density at radius 1 is 1.23 bits per heavy atom. The van der Waals surface area contributed by atoms with E-state index in [1.165, 1.54) is 6.92 Å². The number of Topliss-reactive ketones (excluding diaryl/α,β-unsaturated/α-hetero) is 1. The fraction of sp³-hybridized carbons (Fsp3) is 0.300. The molecule has 0 saturated heterocycles. The summed E-state index contributed by atoms with van der Waals surface area (Å²) in [5, 5.41) is 0.949. The summed E-state index contributed by atoms with van der Waals surface area (Å²) in [4.78, 5) is 10.8. The van der Waals surface area contributed by atoms with Crippen LogP contribution in [0.25, 0.3) is 0 Å². The standard InChI is InChI=1S/C8H6Cl2O.C2H6/c1-5(11)7-3-2-6(9)4-8(7)10;1-2/h2-4H,1H3;1-2H3. The van der Waals surface area contributed by atoms with Gasteiger partial charge in [0.2, 0.25) is 0 Å². The van der Waals surface area contributed by atoms with Crippen molar-refractivity contribution in [1.82, 2.24) is 0 Å². The third kappa shape index (κ3) is 3.79. The summed E-state index contributed by atoms with van der Waals surface area (Å²) in [7, 11) is 0. The number of rotatable bonds is 1. The van der Waals surface area contributed by atoms with E-state index in [0.717, 1.165) is 0 Å². The van der Waals surface area contributed by atoms with Gasteiger partial charge in [-0.25, -0.2) is 0 Å². The van der Waals surface area contributed by atoms with Crippen LogP contribution in [0, 0.1) is 0 Å². The Kier molecular flexibility index (Phi) is 5.76. The molecular weight excluding hydrogens is 207 g/mol. The Balaban J connectivity index is 0.000000671. The highest BCUT2D eigenvalue weighted by Crippen LogP contribution is 2.20. The molecule has 0 spiro atoms. The molecule has 1 nitrogen and oxygen atoms in total. The van der Waals surface area contributed by atoms with E-state index < -0.39 is 0 Å². The van der Waals surface area contributed by atoms with Crippen molar-refractivity contribution in [3.63, 3.8) is 0 Å². The lowest BCUT2D eigenvalue weighted by Gasteiger charge is -1.98. The fourth-order valence-corrected chi connectivity index (χ4v) is 1.32. The third-order valence-corrected chi connectivity index (χ3v) is 1.86. The van der Waals surface area contributed by atoms with Gasteiger partial charge in [-0.05, 0) is 25.1 Å². The molecule has 0 amide bonds. The topological polar surface area (TPSA) is 17.1 Å². The van der Waals surface area contributed by atoms with Crippen LogP contribution in [0.1, 0.15) is 31.1 Å². The summed E-state index contributed by atoms with van der Waals surface area (Å²) >= 11 is 11.3. The number of carbonyl (C=O) groups excluding carboxylic acids is 1. The maximum absolute atomic E-state index is 10.8. The van der Waals surface area contributed by atoms with Crippen molar-refractivity contribution in [3.8, 4) is 0 Å². The molecule has 13 heavy (non-hydrogen) atoms. The number of benzene rings is 1. The van der Waals surface area contributed by atoms with Crippen molar-refractivity contribution < 1.29 is 4.79 Å². The Bertz CT molecular complexity index is 295. The molecule has 0 aliphatic rings. The zero-order valence-electron chi connectivity index (χ0n) is 7.90. The first-order valence-corrected chi connectivity index (χ1v) is 4.83. The van der Waals surface area contributed by atoms with Crippen LogP contribution in [0.15, 0.2) is 18.2 Å². The molecule has 1 aromatic rings. The normalized spacial score (nSPS) is 8.69. The van der Waals surface area contributed by atoms with Gasteiger partial charge in [-0.15, -0.1) is 0 Å². The second-order valence-electron chi connectivity index (χ2n) is 2.18. The quantitative estimate of drug-likeness (QED) is 0.646. The second kappa shape index (κ2) is 6.01. The monoisotopic (exact) mass is 218 g/mol. The summed E-state index contributed by atoms with van der Waals surface area (Å²) in [6.45, 7) is 5.47. The van der Waals surface area contributed by atoms with Gasteiger partial charge in [0.1, 0.15) is 0 Å². The van der Waals surface area contributed by atoms with E-state index in [4.69, 9.17) is 23.2 Å². The van der Waals surface area contributed by atoms with Gasteiger partial charge < -0.3 is 0 Å². The Morgan fingerprint density at radius 3 is 2.15 bits per heavy atom. The van der Waals surface area contributed by atoms with Crippen molar-refractivity contribution in [3.05, 3.63) is 33.8 Å². The lowest BCUT2D eigenvalue weighted by atomic mass is 10.1. The van der Waals surface area contributed by atoms with Gasteiger partial charge in [0.05, 0.1) is 5.02 Å². The van der Waals surface area contributed by atoms with Crippen LogP contribution in [-0.2, 0) is 0 Å². The van der Waals surface area contributed by atoms with E-state index in [1.807, 2.05) is 13.8 Å². The van der Waals surface area contributed by atoms with Gasteiger partial charge in [0, 0.05) is 10.6 Å². The van der Waals surface area contributed by atoms with Crippen LogP contribution >= 0.6 is 23.2 Å². The molecule has 72 valence electrons. The minimum absolute atomic E-state index is 0.0494. The number of ketones is 1. The maximum Gasteiger partial charge on any atom is 0.161 e. The summed E-state index contributed by atoms with van der Waals surface area (Å²) in [5.74, 6) is -0.0494. The van der Waals surface area contributed by atoms with Gasteiger partial charge >= 0.3 is 0 Å². The van der Waals surface area contributed by atoms with Crippen LogP contribution in [0.5, 0.6) is 0 Å². The zero-order chi connectivity index (χ0) is 10.4. The van der Waals surface area contributed by atoms with E-state index >= 15 is 0 Å². The summed E-state index contributed by atoms with van der Waals surface area (Å²) in [6, 6.07) is 4.82. The van der Waals surface area contributed by atoms with Crippen molar-refractivity contribution >= 4 is 29.0 Å². The van der Waals surface area contributed by atoms with Gasteiger partial charge in [-0.3, -0.25) is 4.79 Å². The van der Waals surface area contributed by atoms with E-state index in [-0.39, 0.29) is 5.78 Å². The summed E-state index contributed by atoms with van der Waals surface area (Å²) in [6.07, 6.45) is 0. The van der Waals surface area contributed by atoms with Crippen LogP contribution < -0.4 is 0 Å². The summed E-state index contributed by atoms with van der Waals surface area (Å²) < 4.78 is 0. The number of carbonyl (C=O) groups is 1. The first-order valence-electron chi connectivity index (χ1n) is 4.07. The highest BCUT2D eigenvalue weighted by atomic mass is 35.5. The molecule has 1 rings (SSSR count). The second-order valence-corrected chi connectivity index (χ2v) is 3.02.